The lowest BCUT2D eigenvalue weighted by molar-refractivity contribution is -0.172. The van der Waals surface area contributed by atoms with Crippen LogP contribution in [0.4, 0.5) is 0 Å². The first-order valence-corrected chi connectivity index (χ1v) is 6.40. The van der Waals surface area contributed by atoms with Crippen molar-refractivity contribution in [3.05, 3.63) is 23.0 Å². The quantitative estimate of drug-likeness (QED) is 0.431. The summed E-state index contributed by atoms with van der Waals surface area (Å²) in [4.78, 5) is 26.7. The number of aryl methyl sites for hydroxylation is 1. The molecule has 8 heteroatoms. The number of nitrogens with zero attached hydrogens (tertiary/aromatic N) is 1. The standard InChI is InChI=1S/C13H16N2O6/c1-6-11(18)10(7(5-16)4-14-6)13(20)21-12(19)8-2-3-9(17)15-8/h4,8,13,16,18,20H,2-3,5H2,1H3,(H,15,17). The Morgan fingerprint density at radius 1 is 1.62 bits per heavy atom. The average molecular weight is 296 g/mol. The zero-order valence-electron chi connectivity index (χ0n) is 11.4. The van der Waals surface area contributed by atoms with Gasteiger partial charge in [0.05, 0.1) is 17.9 Å². The Kier molecular flexibility index (Phi) is 4.39. The van der Waals surface area contributed by atoms with Gasteiger partial charge in [0, 0.05) is 18.2 Å². The lowest BCUT2D eigenvalue weighted by Gasteiger charge is -2.19. The van der Waals surface area contributed by atoms with Crippen molar-refractivity contribution in [2.24, 2.45) is 0 Å². The Bertz CT molecular complexity index is 574. The number of carbonyl (C=O) groups is 2. The fourth-order valence-corrected chi connectivity index (χ4v) is 2.10. The fourth-order valence-electron chi connectivity index (χ4n) is 2.10. The SMILES string of the molecule is Cc1ncc(CO)c(C(O)OC(=O)C2CCC(=O)N2)c1O. The van der Waals surface area contributed by atoms with Gasteiger partial charge in [0.1, 0.15) is 11.8 Å². The van der Waals surface area contributed by atoms with E-state index in [9.17, 15) is 24.9 Å². The number of aromatic hydroxyl groups is 1. The van der Waals surface area contributed by atoms with E-state index < -0.39 is 24.9 Å². The van der Waals surface area contributed by atoms with Gasteiger partial charge in [0.2, 0.25) is 12.2 Å². The van der Waals surface area contributed by atoms with Crippen LogP contribution >= 0.6 is 0 Å². The highest BCUT2D eigenvalue weighted by Crippen LogP contribution is 2.31. The van der Waals surface area contributed by atoms with E-state index in [1.54, 1.807) is 0 Å². The van der Waals surface area contributed by atoms with Crippen LogP contribution in [0.5, 0.6) is 5.75 Å². The Hall–Kier alpha value is -2.19. The number of nitrogens with one attached hydrogen (secondary N) is 1. The lowest BCUT2D eigenvalue weighted by atomic mass is 10.1. The molecule has 2 rings (SSSR count). The predicted molar refractivity (Wildman–Crippen MR) is 68.8 cm³/mol. The lowest BCUT2D eigenvalue weighted by Crippen LogP contribution is -2.35. The summed E-state index contributed by atoms with van der Waals surface area (Å²) in [5, 5.41) is 31.5. The van der Waals surface area contributed by atoms with Crippen LogP contribution in [-0.4, -0.2) is 38.2 Å². The van der Waals surface area contributed by atoms with Crippen molar-refractivity contribution in [1.82, 2.24) is 10.3 Å². The van der Waals surface area contributed by atoms with E-state index in [0.29, 0.717) is 6.42 Å². The van der Waals surface area contributed by atoms with Crippen molar-refractivity contribution in [3.8, 4) is 5.75 Å². The van der Waals surface area contributed by atoms with E-state index in [2.05, 4.69) is 10.3 Å². The van der Waals surface area contributed by atoms with Gasteiger partial charge < -0.3 is 25.4 Å². The maximum absolute atomic E-state index is 11.8. The minimum atomic E-state index is -1.75. The molecule has 1 aliphatic rings. The van der Waals surface area contributed by atoms with Gasteiger partial charge in [-0.1, -0.05) is 0 Å². The second-order valence-corrected chi connectivity index (χ2v) is 4.74. The number of amides is 1. The minimum Gasteiger partial charge on any atom is -0.506 e. The number of hydrogen-bond donors (Lipinski definition) is 4. The van der Waals surface area contributed by atoms with E-state index in [4.69, 9.17) is 4.74 Å². The maximum Gasteiger partial charge on any atom is 0.331 e. The third kappa shape index (κ3) is 3.11. The summed E-state index contributed by atoms with van der Waals surface area (Å²) in [5.74, 6) is -1.41. The smallest absolute Gasteiger partial charge is 0.331 e. The minimum absolute atomic E-state index is 0.109. The van der Waals surface area contributed by atoms with Crippen LogP contribution in [0.15, 0.2) is 6.20 Å². The number of carbonyl (C=O) groups excluding carboxylic acids is 2. The largest absolute Gasteiger partial charge is 0.506 e. The van der Waals surface area contributed by atoms with Crippen molar-refractivity contribution >= 4 is 11.9 Å². The van der Waals surface area contributed by atoms with E-state index in [0.717, 1.165) is 0 Å². The maximum atomic E-state index is 11.8. The van der Waals surface area contributed by atoms with Gasteiger partial charge in [-0.25, -0.2) is 4.79 Å². The molecular formula is C13H16N2O6. The number of hydrogen-bond acceptors (Lipinski definition) is 7. The zero-order valence-corrected chi connectivity index (χ0v) is 11.4. The highest BCUT2D eigenvalue weighted by Gasteiger charge is 2.31. The number of aromatic nitrogens is 1. The molecule has 8 nitrogen and oxygen atoms in total. The molecule has 4 N–H and O–H groups in total. The topological polar surface area (TPSA) is 129 Å². The van der Waals surface area contributed by atoms with Gasteiger partial charge in [-0.05, 0) is 13.3 Å². The number of esters is 1. The van der Waals surface area contributed by atoms with Crippen LogP contribution in [0.2, 0.25) is 0 Å². The molecule has 1 amide bonds. The third-order valence-electron chi connectivity index (χ3n) is 3.28. The van der Waals surface area contributed by atoms with E-state index >= 15 is 0 Å². The zero-order chi connectivity index (χ0) is 15.6. The van der Waals surface area contributed by atoms with Crippen molar-refractivity contribution in [3.63, 3.8) is 0 Å². The summed E-state index contributed by atoms with van der Waals surface area (Å²) in [7, 11) is 0. The van der Waals surface area contributed by atoms with Crippen molar-refractivity contribution in [1.29, 1.82) is 0 Å². The van der Waals surface area contributed by atoms with Gasteiger partial charge in [-0.2, -0.15) is 0 Å². The molecule has 1 aromatic heterocycles. The van der Waals surface area contributed by atoms with Gasteiger partial charge in [-0.3, -0.25) is 9.78 Å². The van der Waals surface area contributed by atoms with Crippen LogP contribution in [0.3, 0.4) is 0 Å². The van der Waals surface area contributed by atoms with Gasteiger partial charge in [-0.15, -0.1) is 0 Å². The van der Waals surface area contributed by atoms with E-state index in [-0.39, 0.29) is 34.9 Å². The van der Waals surface area contributed by atoms with E-state index in [1.165, 1.54) is 13.1 Å². The Balaban J connectivity index is 2.16. The average Bonchev–Trinajstić information content (AvgIpc) is 2.88. The normalized spacial score (nSPS) is 19.2. The van der Waals surface area contributed by atoms with Gasteiger partial charge in [0.25, 0.3) is 0 Å². The summed E-state index contributed by atoms with van der Waals surface area (Å²) in [6, 6.07) is -0.810. The summed E-state index contributed by atoms with van der Waals surface area (Å²) in [5.41, 5.74) is 0.267. The molecule has 0 saturated carbocycles. The molecule has 0 bridgehead atoms. The van der Waals surface area contributed by atoms with Crippen molar-refractivity contribution in [2.75, 3.05) is 0 Å². The number of rotatable bonds is 4. The molecule has 114 valence electrons. The Morgan fingerprint density at radius 2 is 2.33 bits per heavy atom. The van der Waals surface area contributed by atoms with Gasteiger partial charge in [0.15, 0.2) is 0 Å². The van der Waals surface area contributed by atoms with Crippen LogP contribution in [-0.2, 0) is 20.9 Å². The second kappa shape index (κ2) is 6.06. The molecule has 1 aliphatic heterocycles. The van der Waals surface area contributed by atoms with Crippen molar-refractivity contribution in [2.45, 2.75) is 38.7 Å². The molecule has 1 saturated heterocycles. The van der Waals surface area contributed by atoms with Gasteiger partial charge >= 0.3 is 5.97 Å². The Labute approximate surface area is 120 Å². The van der Waals surface area contributed by atoms with Crippen LogP contribution in [0.25, 0.3) is 0 Å². The number of aliphatic hydroxyl groups excluding tert-OH is 2. The molecule has 2 atom stereocenters. The van der Waals surface area contributed by atoms with E-state index in [1.807, 2.05) is 0 Å². The highest BCUT2D eigenvalue weighted by molar-refractivity contribution is 5.88. The fraction of sp³-hybridized carbons (Fsp3) is 0.462. The van der Waals surface area contributed by atoms with Crippen molar-refractivity contribution < 1.29 is 29.6 Å². The molecule has 2 unspecified atom stereocenters. The summed E-state index contributed by atoms with van der Waals surface area (Å²) >= 11 is 0. The highest BCUT2D eigenvalue weighted by atomic mass is 16.6. The summed E-state index contributed by atoms with van der Waals surface area (Å²) in [6.45, 7) is 1.02. The summed E-state index contributed by atoms with van der Waals surface area (Å²) in [6.07, 6.45) is 0.0354. The molecule has 21 heavy (non-hydrogen) atoms. The molecule has 1 fully saturated rings. The summed E-state index contributed by atoms with van der Waals surface area (Å²) < 4.78 is 4.85. The molecule has 2 heterocycles. The molecular weight excluding hydrogens is 280 g/mol. The molecule has 1 aromatic rings. The first kappa shape index (κ1) is 15.2. The first-order valence-electron chi connectivity index (χ1n) is 6.40. The number of pyridine rings is 1. The number of aliphatic hydroxyl groups is 2. The predicted octanol–water partition coefficient (Wildman–Crippen LogP) is -0.599. The third-order valence-corrected chi connectivity index (χ3v) is 3.28. The number of ether oxygens (including phenoxy) is 1. The van der Waals surface area contributed by atoms with Crippen LogP contribution in [0, 0.1) is 6.92 Å². The molecule has 0 radical (unpaired) electrons. The molecule has 0 aliphatic carbocycles. The molecule has 0 aromatic carbocycles. The molecule has 0 spiro atoms. The van der Waals surface area contributed by atoms with Crippen LogP contribution < -0.4 is 5.32 Å². The second-order valence-electron chi connectivity index (χ2n) is 4.74. The first-order chi connectivity index (χ1) is 9.93. The Morgan fingerprint density at radius 3 is 2.90 bits per heavy atom. The van der Waals surface area contributed by atoms with Crippen LogP contribution in [0.1, 0.15) is 36.0 Å². The monoisotopic (exact) mass is 296 g/mol.